The van der Waals surface area contributed by atoms with Crippen molar-refractivity contribution in [3.8, 4) is 0 Å². The van der Waals surface area contributed by atoms with Crippen LogP contribution in [0.25, 0.3) is 0 Å². The van der Waals surface area contributed by atoms with Crippen LogP contribution in [-0.2, 0) is 4.79 Å². The van der Waals surface area contributed by atoms with Gasteiger partial charge in [-0.3, -0.25) is 9.59 Å². The number of carbonyl (C=O) groups excluding carboxylic acids is 2. The van der Waals surface area contributed by atoms with Gasteiger partial charge in [-0.1, -0.05) is 32.9 Å². The van der Waals surface area contributed by atoms with Crippen LogP contribution in [0.4, 0.5) is 4.39 Å². The Morgan fingerprint density at radius 3 is 2.42 bits per heavy atom. The standard InChI is InChI=1S/C19H27FN2O2/c1-19(2,3)12-17(23)21-13-14-8-10-22(11-9-14)18(24)15-6-4-5-7-16(15)20/h4-7,14H,8-13H2,1-3H3,(H,21,23). The van der Waals surface area contributed by atoms with E-state index in [1.165, 1.54) is 12.1 Å². The van der Waals surface area contributed by atoms with Gasteiger partial charge >= 0.3 is 0 Å². The number of hydrogen-bond donors (Lipinski definition) is 1. The van der Waals surface area contributed by atoms with Crippen LogP contribution in [0.2, 0.25) is 0 Å². The molecule has 1 aliphatic heterocycles. The molecule has 0 atom stereocenters. The van der Waals surface area contributed by atoms with Gasteiger partial charge in [0.05, 0.1) is 5.56 Å². The summed E-state index contributed by atoms with van der Waals surface area (Å²) in [6, 6.07) is 6.09. The number of piperidine rings is 1. The topological polar surface area (TPSA) is 49.4 Å². The molecule has 0 unspecified atom stereocenters. The zero-order chi connectivity index (χ0) is 17.7. The summed E-state index contributed by atoms with van der Waals surface area (Å²) in [5.41, 5.74) is 0.119. The summed E-state index contributed by atoms with van der Waals surface area (Å²) in [5, 5.41) is 2.99. The molecule has 0 aromatic heterocycles. The normalized spacial score (nSPS) is 16.1. The highest BCUT2D eigenvalue weighted by molar-refractivity contribution is 5.94. The Morgan fingerprint density at radius 1 is 1.21 bits per heavy atom. The fraction of sp³-hybridized carbons (Fsp3) is 0.579. The highest BCUT2D eigenvalue weighted by Gasteiger charge is 2.25. The average Bonchev–Trinajstić information content (AvgIpc) is 2.52. The summed E-state index contributed by atoms with van der Waals surface area (Å²) in [7, 11) is 0. The van der Waals surface area contributed by atoms with Gasteiger partial charge in [-0.05, 0) is 36.3 Å². The van der Waals surface area contributed by atoms with Gasteiger partial charge in [-0.25, -0.2) is 4.39 Å². The highest BCUT2D eigenvalue weighted by Crippen LogP contribution is 2.21. The van der Waals surface area contributed by atoms with E-state index in [1.807, 2.05) is 20.8 Å². The molecule has 1 heterocycles. The maximum absolute atomic E-state index is 13.7. The van der Waals surface area contributed by atoms with Gasteiger partial charge in [-0.15, -0.1) is 0 Å². The van der Waals surface area contributed by atoms with E-state index in [1.54, 1.807) is 17.0 Å². The number of rotatable bonds is 4. The van der Waals surface area contributed by atoms with Crippen molar-refractivity contribution in [3.05, 3.63) is 35.6 Å². The molecule has 0 saturated carbocycles. The molecule has 1 aliphatic rings. The Hall–Kier alpha value is -1.91. The molecule has 1 aromatic carbocycles. The van der Waals surface area contributed by atoms with Crippen LogP contribution in [0.3, 0.4) is 0 Å². The van der Waals surface area contributed by atoms with Crippen molar-refractivity contribution in [1.29, 1.82) is 0 Å². The number of amides is 2. The Kier molecular flexibility index (Phi) is 5.97. The van der Waals surface area contributed by atoms with Gasteiger partial charge < -0.3 is 10.2 Å². The molecule has 0 aliphatic carbocycles. The Morgan fingerprint density at radius 2 is 1.83 bits per heavy atom. The Balaban J connectivity index is 1.78. The summed E-state index contributed by atoms with van der Waals surface area (Å²) in [4.78, 5) is 25.9. The maximum atomic E-state index is 13.7. The molecule has 5 heteroatoms. The second kappa shape index (κ2) is 7.77. The van der Waals surface area contributed by atoms with Gasteiger partial charge in [-0.2, -0.15) is 0 Å². The van der Waals surface area contributed by atoms with E-state index in [-0.39, 0.29) is 22.8 Å². The fourth-order valence-corrected chi connectivity index (χ4v) is 2.95. The summed E-state index contributed by atoms with van der Waals surface area (Å²) < 4.78 is 13.7. The predicted molar refractivity (Wildman–Crippen MR) is 92.1 cm³/mol. The zero-order valence-corrected chi connectivity index (χ0v) is 14.8. The summed E-state index contributed by atoms with van der Waals surface area (Å²) >= 11 is 0. The minimum Gasteiger partial charge on any atom is -0.356 e. The van der Waals surface area contributed by atoms with Crippen molar-refractivity contribution in [1.82, 2.24) is 10.2 Å². The van der Waals surface area contributed by atoms with E-state index in [4.69, 9.17) is 0 Å². The molecule has 1 saturated heterocycles. The first-order valence-electron chi connectivity index (χ1n) is 8.57. The molecule has 1 N–H and O–H groups in total. The highest BCUT2D eigenvalue weighted by atomic mass is 19.1. The maximum Gasteiger partial charge on any atom is 0.256 e. The molecule has 0 radical (unpaired) electrons. The molecule has 0 bridgehead atoms. The first-order valence-corrected chi connectivity index (χ1v) is 8.57. The quantitative estimate of drug-likeness (QED) is 0.919. The lowest BCUT2D eigenvalue weighted by Crippen LogP contribution is -2.42. The van der Waals surface area contributed by atoms with E-state index in [9.17, 15) is 14.0 Å². The van der Waals surface area contributed by atoms with E-state index in [0.717, 1.165) is 12.8 Å². The molecule has 1 fully saturated rings. The number of likely N-dealkylation sites (tertiary alicyclic amines) is 1. The molecular formula is C19H27FN2O2. The van der Waals surface area contributed by atoms with E-state index >= 15 is 0 Å². The van der Waals surface area contributed by atoms with Crippen LogP contribution < -0.4 is 5.32 Å². The van der Waals surface area contributed by atoms with Crippen molar-refractivity contribution in [3.63, 3.8) is 0 Å². The number of halogens is 1. The fourth-order valence-electron chi connectivity index (χ4n) is 2.95. The van der Waals surface area contributed by atoms with Gasteiger partial charge in [0.1, 0.15) is 5.82 Å². The molecule has 132 valence electrons. The SMILES string of the molecule is CC(C)(C)CC(=O)NCC1CCN(C(=O)c2ccccc2F)CC1. The van der Waals surface area contributed by atoms with Gasteiger partial charge in [0, 0.05) is 26.1 Å². The molecule has 0 spiro atoms. The largest absolute Gasteiger partial charge is 0.356 e. The molecule has 1 aromatic rings. The molecule has 4 nitrogen and oxygen atoms in total. The smallest absolute Gasteiger partial charge is 0.256 e. The number of benzene rings is 1. The lowest BCUT2D eigenvalue weighted by atomic mass is 9.91. The molecule has 24 heavy (non-hydrogen) atoms. The number of carbonyl (C=O) groups is 2. The molecular weight excluding hydrogens is 307 g/mol. The lowest BCUT2D eigenvalue weighted by Gasteiger charge is -2.32. The third-order valence-electron chi connectivity index (χ3n) is 4.28. The number of nitrogens with zero attached hydrogens (tertiary/aromatic N) is 1. The Labute approximate surface area is 143 Å². The summed E-state index contributed by atoms with van der Waals surface area (Å²) in [6.45, 7) is 7.98. The van der Waals surface area contributed by atoms with Crippen LogP contribution in [-0.4, -0.2) is 36.3 Å². The van der Waals surface area contributed by atoms with Crippen molar-refractivity contribution >= 4 is 11.8 Å². The van der Waals surface area contributed by atoms with Gasteiger partial charge in [0.2, 0.25) is 5.91 Å². The van der Waals surface area contributed by atoms with Gasteiger partial charge in [0.15, 0.2) is 0 Å². The summed E-state index contributed by atoms with van der Waals surface area (Å²) in [6.07, 6.45) is 2.17. The lowest BCUT2D eigenvalue weighted by molar-refractivity contribution is -0.123. The van der Waals surface area contributed by atoms with Crippen LogP contribution in [0.15, 0.2) is 24.3 Å². The van der Waals surface area contributed by atoms with Crippen LogP contribution in [0, 0.1) is 17.2 Å². The van der Waals surface area contributed by atoms with Crippen LogP contribution in [0.5, 0.6) is 0 Å². The minimum atomic E-state index is -0.473. The zero-order valence-electron chi connectivity index (χ0n) is 14.8. The van der Waals surface area contributed by atoms with Crippen molar-refractivity contribution in [2.24, 2.45) is 11.3 Å². The second-order valence-electron chi connectivity index (χ2n) is 7.76. The summed E-state index contributed by atoms with van der Waals surface area (Å²) in [5.74, 6) is -0.270. The second-order valence-corrected chi connectivity index (χ2v) is 7.76. The predicted octanol–water partition coefficient (Wildman–Crippen LogP) is 3.23. The van der Waals surface area contributed by atoms with E-state index in [2.05, 4.69) is 5.32 Å². The Bertz CT molecular complexity index is 587. The van der Waals surface area contributed by atoms with Crippen LogP contribution >= 0.6 is 0 Å². The molecule has 2 amide bonds. The first kappa shape index (κ1) is 18.4. The van der Waals surface area contributed by atoms with Crippen molar-refractivity contribution < 1.29 is 14.0 Å². The number of hydrogen-bond acceptors (Lipinski definition) is 2. The van der Waals surface area contributed by atoms with Gasteiger partial charge in [0.25, 0.3) is 5.91 Å². The minimum absolute atomic E-state index is 0.0143. The van der Waals surface area contributed by atoms with E-state index < -0.39 is 5.82 Å². The monoisotopic (exact) mass is 334 g/mol. The van der Waals surface area contributed by atoms with Crippen LogP contribution in [0.1, 0.15) is 50.4 Å². The third-order valence-corrected chi connectivity index (χ3v) is 4.28. The first-order chi connectivity index (χ1) is 11.3. The van der Waals surface area contributed by atoms with Crippen molar-refractivity contribution in [2.45, 2.75) is 40.0 Å². The molecule has 2 rings (SSSR count). The number of nitrogens with one attached hydrogen (secondary N) is 1. The average molecular weight is 334 g/mol. The van der Waals surface area contributed by atoms with Crippen molar-refractivity contribution in [2.75, 3.05) is 19.6 Å². The third kappa shape index (κ3) is 5.32. The van der Waals surface area contributed by atoms with E-state index in [0.29, 0.717) is 32.0 Å².